The monoisotopic (exact) mass is 326 g/mol. The maximum absolute atomic E-state index is 12.1. The number of benzene rings is 1. The summed E-state index contributed by atoms with van der Waals surface area (Å²) in [4.78, 5) is 31.2. The van der Waals surface area contributed by atoms with E-state index in [2.05, 4.69) is 9.97 Å². The molecule has 2 aromatic heterocycles. The summed E-state index contributed by atoms with van der Waals surface area (Å²) < 4.78 is 6.59. The van der Waals surface area contributed by atoms with Crippen molar-refractivity contribution in [1.82, 2.24) is 14.5 Å². The molecule has 3 aromatic rings. The third-order valence-electron chi connectivity index (χ3n) is 3.59. The second-order valence-corrected chi connectivity index (χ2v) is 5.27. The van der Waals surface area contributed by atoms with Crippen LogP contribution >= 0.6 is 0 Å². The zero-order valence-corrected chi connectivity index (χ0v) is 13.1. The maximum atomic E-state index is 12.1. The van der Waals surface area contributed by atoms with Gasteiger partial charge in [-0.15, -0.1) is 0 Å². The Morgan fingerprint density at radius 3 is 2.58 bits per heavy atom. The van der Waals surface area contributed by atoms with E-state index in [0.29, 0.717) is 16.9 Å². The molecule has 0 aliphatic heterocycles. The third kappa shape index (κ3) is 2.94. The zero-order valence-electron chi connectivity index (χ0n) is 13.1. The average Bonchev–Trinajstić information content (AvgIpc) is 2.95. The van der Waals surface area contributed by atoms with Gasteiger partial charge in [-0.2, -0.15) is 0 Å². The lowest BCUT2D eigenvalue weighted by molar-refractivity contribution is -0.384. The Morgan fingerprint density at radius 1 is 1.29 bits per heavy atom. The first-order valence-corrected chi connectivity index (χ1v) is 7.16. The van der Waals surface area contributed by atoms with Gasteiger partial charge in [0, 0.05) is 13.1 Å². The van der Waals surface area contributed by atoms with E-state index in [0.717, 1.165) is 5.52 Å². The van der Waals surface area contributed by atoms with Crippen molar-refractivity contribution in [3.05, 3.63) is 63.7 Å². The van der Waals surface area contributed by atoms with Crippen LogP contribution in [-0.2, 0) is 18.4 Å². The number of rotatable bonds is 4. The predicted molar refractivity (Wildman–Crippen MR) is 85.5 cm³/mol. The van der Waals surface area contributed by atoms with Gasteiger partial charge >= 0.3 is 5.97 Å². The first-order chi connectivity index (χ1) is 11.5. The smallest absolute Gasteiger partial charge is 0.355 e. The molecule has 2 heterocycles. The van der Waals surface area contributed by atoms with Crippen LogP contribution in [0, 0.1) is 17.0 Å². The molecule has 0 saturated carbocycles. The van der Waals surface area contributed by atoms with Crippen LogP contribution in [0.4, 0.5) is 5.69 Å². The van der Waals surface area contributed by atoms with Crippen LogP contribution in [0.25, 0.3) is 11.0 Å². The molecular weight excluding hydrogens is 312 g/mol. The Morgan fingerprint density at radius 2 is 1.96 bits per heavy atom. The maximum Gasteiger partial charge on any atom is 0.355 e. The minimum atomic E-state index is -0.653. The second kappa shape index (κ2) is 6.07. The summed E-state index contributed by atoms with van der Waals surface area (Å²) in [6.45, 7) is 1.73. The van der Waals surface area contributed by atoms with E-state index in [1.165, 1.54) is 16.8 Å². The molecule has 122 valence electrons. The molecule has 8 heteroatoms. The fourth-order valence-electron chi connectivity index (χ4n) is 2.32. The van der Waals surface area contributed by atoms with Crippen molar-refractivity contribution in [2.75, 3.05) is 0 Å². The lowest BCUT2D eigenvalue weighted by Gasteiger charge is -2.08. The van der Waals surface area contributed by atoms with Crippen molar-refractivity contribution in [3.63, 3.8) is 0 Å². The highest BCUT2D eigenvalue weighted by Gasteiger charge is 2.19. The van der Waals surface area contributed by atoms with E-state index < -0.39 is 10.9 Å². The van der Waals surface area contributed by atoms with Gasteiger partial charge in [-0.3, -0.25) is 10.1 Å². The summed E-state index contributed by atoms with van der Waals surface area (Å²) in [6.07, 6.45) is 1.26. The number of carbonyl (C=O) groups is 1. The molecular formula is C16H14N4O4. The number of nitro groups is 1. The normalized spacial score (nSPS) is 10.8. The summed E-state index contributed by atoms with van der Waals surface area (Å²) in [5.41, 5.74) is 2.64. The van der Waals surface area contributed by atoms with Gasteiger partial charge in [-0.1, -0.05) is 12.1 Å². The number of esters is 1. The van der Waals surface area contributed by atoms with Crippen molar-refractivity contribution >= 4 is 22.7 Å². The number of ether oxygens (including phenoxy) is 1. The van der Waals surface area contributed by atoms with Crippen LogP contribution in [0.1, 0.15) is 21.9 Å². The molecule has 8 nitrogen and oxygen atoms in total. The minimum absolute atomic E-state index is 0.0541. The topological polar surface area (TPSA) is 100 Å². The molecule has 3 rings (SSSR count). The number of aromatic nitrogens is 3. The van der Waals surface area contributed by atoms with E-state index in [4.69, 9.17) is 4.74 Å². The molecule has 0 saturated heterocycles. The van der Waals surface area contributed by atoms with Gasteiger partial charge in [0.15, 0.2) is 0 Å². The first kappa shape index (κ1) is 15.6. The lowest BCUT2D eigenvalue weighted by Crippen LogP contribution is -2.11. The van der Waals surface area contributed by atoms with E-state index in [1.807, 2.05) is 24.3 Å². The van der Waals surface area contributed by atoms with Crippen LogP contribution in [0.2, 0.25) is 0 Å². The van der Waals surface area contributed by atoms with Crippen LogP contribution in [0.5, 0.6) is 0 Å². The number of fused-ring (bicyclic) bond motifs is 1. The van der Waals surface area contributed by atoms with E-state index >= 15 is 0 Å². The Kier molecular flexibility index (Phi) is 3.95. The van der Waals surface area contributed by atoms with Gasteiger partial charge in [0.25, 0.3) is 5.69 Å². The van der Waals surface area contributed by atoms with Crippen molar-refractivity contribution in [2.24, 2.45) is 7.05 Å². The Labute approximate surface area is 136 Å². The molecule has 0 atom stereocenters. The van der Waals surface area contributed by atoms with Gasteiger partial charge in [0.2, 0.25) is 0 Å². The van der Waals surface area contributed by atoms with Crippen LogP contribution in [0.15, 0.2) is 36.5 Å². The molecule has 0 spiro atoms. The fraction of sp³-hybridized carbons (Fsp3) is 0.188. The minimum Gasteiger partial charge on any atom is -0.454 e. The number of aryl methyl sites for hydroxylation is 2. The number of hydrogen-bond donors (Lipinski definition) is 0. The predicted octanol–water partition coefficient (Wildman–Crippen LogP) is 2.54. The SMILES string of the molecule is Cc1nc2ccccc2nc1COC(=O)c1cc([N+](=O)[O-])cn1C. The molecule has 0 radical (unpaired) electrons. The van der Waals surface area contributed by atoms with Gasteiger partial charge in [0.1, 0.15) is 12.3 Å². The van der Waals surface area contributed by atoms with Crippen molar-refractivity contribution in [1.29, 1.82) is 0 Å². The Hall–Kier alpha value is -3.29. The first-order valence-electron chi connectivity index (χ1n) is 7.16. The molecule has 0 bridgehead atoms. The van der Waals surface area contributed by atoms with Gasteiger partial charge in [-0.05, 0) is 19.1 Å². The summed E-state index contributed by atoms with van der Waals surface area (Å²) in [5.74, 6) is -0.653. The molecule has 0 fully saturated rings. The number of nitrogens with zero attached hydrogens (tertiary/aromatic N) is 4. The molecule has 0 amide bonds. The van der Waals surface area contributed by atoms with Gasteiger partial charge < -0.3 is 9.30 Å². The van der Waals surface area contributed by atoms with Gasteiger partial charge in [-0.25, -0.2) is 14.8 Å². The number of para-hydroxylation sites is 2. The van der Waals surface area contributed by atoms with E-state index in [1.54, 1.807) is 14.0 Å². The fourth-order valence-corrected chi connectivity index (χ4v) is 2.32. The van der Waals surface area contributed by atoms with Crippen LogP contribution < -0.4 is 0 Å². The van der Waals surface area contributed by atoms with E-state index in [9.17, 15) is 14.9 Å². The second-order valence-electron chi connectivity index (χ2n) is 5.27. The highest BCUT2D eigenvalue weighted by Crippen LogP contribution is 2.17. The van der Waals surface area contributed by atoms with Gasteiger partial charge in [0.05, 0.1) is 33.5 Å². The average molecular weight is 326 g/mol. The van der Waals surface area contributed by atoms with Crippen molar-refractivity contribution in [2.45, 2.75) is 13.5 Å². The summed E-state index contributed by atoms with van der Waals surface area (Å²) in [6, 6.07) is 8.59. The molecule has 0 aliphatic rings. The number of carbonyl (C=O) groups excluding carboxylic acids is 1. The largest absolute Gasteiger partial charge is 0.454 e. The Balaban J connectivity index is 1.79. The molecule has 1 aromatic carbocycles. The highest BCUT2D eigenvalue weighted by atomic mass is 16.6. The third-order valence-corrected chi connectivity index (χ3v) is 3.59. The summed E-state index contributed by atoms with van der Waals surface area (Å²) >= 11 is 0. The molecule has 0 N–H and O–H groups in total. The van der Waals surface area contributed by atoms with Crippen molar-refractivity contribution in [3.8, 4) is 0 Å². The summed E-state index contributed by atoms with van der Waals surface area (Å²) in [5, 5.41) is 10.8. The van der Waals surface area contributed by atoms with Crippen LogP contribution in [0.3, 0.4) is 0 Å². The van der Waals surface area contributed by atoms with Crippen LogP contribution in [-0.4, -0.2) is 25.4 Å². The molecule has 0 aliphatic carbocycles. The zero-order chi connectivity index (χ0) is 17.3. The van der Waals surface area contributed by atoms with E-state index in [-0.39, 0.29) is 18.0 Å². The Bertz CT molecular complexity index is 948. The van der Waals surface area contributed by atoms with Crippen molar-refractivity contribution < 1.29 is 14.5 Å². The molecule has 24 heavy (non-hydrogen) atoms. The molecule has 0 unspecified atom stereocenters. The quantitative estimate of drug-likeness (QED) is 0.415. The lowest BCUT2D eigenvalue weighted by atomic mass is 10.2. The summed E-state index contributed by atoms with van der Waals surface area (Å²) in [7, 11) is 1.55. The number of hydrogen-bond acceptors (Lipinski definition) is 6. The standard InChI is InChI=1S/C16H14N4O4/c1-10-14(18-13-6-4-3-5-12(13)17-10)9-24-16(21)15-7-11(20(22)23)8-19(15)2/h3-8H,9H2,1-2H3. The highest BCUT2D eigenvalue weighted by molar-refractivity contribution is 5.88.